The van der Waals surface area contributed by atoms with E-state index in [4.69, 9.17) is 11.6 Å². The third kappa shape index (κ3) is 1.47. The molecule has 0 aliphatic heterocycles. The summed E-state index contributed by atoms with van der Waals surface area (Å²) in [5.41, 5.74) is 0.673. The van der Waals surface area contributed by atoms with E-state index < -0.39 is 0 Å². The van der Waals surface area contributed by atoms with E-state index in [1.54, 1.807) is 0 Å². The molecule has 0 aromatic carbocycles. The van der Waals surface area contributed by atoms with Crippen molar-refractivity contribution >= 4 is 11.6 Å². The van der Waals surface area contributed by atoms with Gasteiger partial charge in [0.1, 0.15) is 0 Å². The van der Waals surface area contributed by atoms with Crippen LogP contribution in [0.5, 0.6) is 0 Å². The summed E-state index contributed by atoms with van der Waals surface area (Å²) in [5, 5.41) is 0.356. The molecule has 2 aliphatic carbocycles. The van der Waals surface area contributed by atoms with E-state index in [0.717, 1.165) is 17.8 Å². The fourth-order valence-electron chi connectivity index (χ4n) is 3.97. The standard InChI is InChI=1S/C14H25Cl/c1-9-6-7-11-10(9)8-12(15)14(4,5)13(11,2)3/h9-12H,6-8H2,1-5H3. The summed E-state index contributed by atoms with van der Waals surface area (Å²) in [6.07, 6.45) is 4.08. The Morgan fingerprint density at radius 2 is 1.60 bits per heavy atom. The van der Waals surface area contributed by atoms with Crippen molar-refractivity contribution in [3.63, 3.8) is 0 Å². The quantitative estimate of drug-likeness (QED) is 0.527. The van der Waals surface area contributed by atoms with Gasteiger partial charge in [0.15, 0.2) is 0 Å². The lowest BCUT2D eigenvalue weighted by molar-refractivity contribution is -0.0353. The summed E-state index contributed by atoms with van der Waals surface area (Å²) in [6.45, 7) is 12.0. The number of hydrogen-bond donors (Lipinski definition) is 0. The monoisotopic (exact) mass is 228 g/mol. The van der Waals surface area contributed by atoms with E-state index in [0.29, 0.717) is 10.8 Å². The molecular formula is C14H25Cl. The van der Waals surface area contributed by atoms with Crippen LogP contribution in [-0.4, -0.2) is 5.38 Å². The van der Waals surface area contributed by atoms with Crippen molar-refractivity contribution in [2.45, 2.75) is 59.3 Å². The highest BCUT2D eigenvalue weighted by Crippen LogP contribution is 2.62. The highest BCUT2D eigenvalue weighted by atomic mass is 35.5. The van der Waals surface area contributed by atoms with E-state index in [9.17, 15) is 0 Å². The summed E-state index contributed by atoms with van der Waals surface area (Å²) >= 11 is 6.62. The van der Waals surface area contributed by atoms with Gasteiger partial charge in [-0.15, -0.1) is 11.6 Å². The van der Waals surface area contributed by atoms with Gasteiger partial charge in [0, 0.05) is 5.38 Å². The zero-order valence-electron chi connectivity index (χ0n) is 10.8. The normalized spacial score (nSPS) is 47.6. The van der Waals surface area contributed by atoms with Gasteiger partial charge in [-0.1, -0.05) is 41.0 Å². The molecule has 2 saturated carbocycles. The van der Waals surface area contributed by atoms with E-state index in [1.807, 2.05) is 0 Å². The van der Waals surface area contributed by atoms with E-state index in [1.165, 1.54) is 19.3 Å². The fraction of sp³-hybridized carbons (Fsp3) is 1.00. The largest absolute Gasteiger partial charge is 0.122 e. The van der Waals surface area contributed by atoms with Crippen molar-refractivity contribution in [3.8, 4) is 0 Å². The van der Waals surface area contributed by atoms with Gasteiger partial charge in [-0.2, -0.15) is 0 Å². The molecule has 2 rings (SSSR count). The van der Waals surface area contributed by atoms with Crippen molar-refractivity contribution in [2.75, 3.05) is 0 Å². The lowest BCUT2D eigenvalue weighted by Gasteiger charge is -2.55. The van der Waals surface area contributed by atoms with Gasteiger partial charge in [-0.05, 0) is 41.4 Å². The Morgan fingerprint density at radius 3 is 2.20 bits per heavy atom. The van der Waals surface area contributed by atoms with Crippen LogP contribution in [0.15, 0.2) is 0 Å². The maximum atomic E-state index is 6.62. The molecule has 0 aromatic rings. The van der Waals surface area contributed by atoms with Crippen LogP contribution in [0.4, 0.5) is 0 Å². The van der Waals surface area contributed by atoms with Gasteiger partial charge in [-0.25, -0.2) is 0 Å². The highest BCUT2D eigenvalue weighted by Gasteiger charge is 2.56. The first-order valence-corrected chi connectivity index (χ1v) is 6.86. The molecule has 0 heterocycles. The number of fused-ring (bicyclic) bond motifs is 1. The smallest absolute Gasteiger partial charge is 0.0395 e. The van der Waals surface area contributed by atoms with Gasteiger partial charge in [0.05, 0.1) is 0 Å². The van der Waals surface area contributed by atoms with E-state index in [-0.39, 0.29) is 5.41 Å². The van der Waals surface area contributed by atoms with Crippen LogP contribution in [0, 0.1) is 28.6 Å². The maximum absolute atomic E-state index is 6.62. The van der Waals surface area contributed by atoms with Crippen LogP contribution in [-0.2, 0) is 0 Å². The Kier molecular flexibility index (Phi) is 2.66. The van der Waals surface area contributed by atoms with Gasteiger partial charge >= 0.3 is 0 Å². The molecule has 0 amide bonds. The van der Waals surface area contributed by atoms with Crippen LogP contribution in [0.25, 0.3) is 0 Å². The first-order valence-electron chi connectivity index (χ1n) is 6.42. The third-order valence-corrected chi connectivity index (χ3v) is 6.75. The predicted molar refractivity (Wildman–Crippen MR) is 67.2 cm³/mol. The molecule has 4 atom stereocenters. The lowest BCUT2D eigenvalue weighted by atomic mass is 9.52. The molecule has 15 heavy (non-hydrogen) atoms. The second kappa shape index (κ2) is 3.39. The van der Waals surface area contributed by atoms with Gasteiger partial charge < -0.3 is 0 Å². The van der Waals surface area contributed by atoms with Crippen molar-refractivity contribution in [1.29, 1.82) is 0 Å². The molecule has 0 spiro atoms. The Labute approximate surface area is 99.8 Å². The molecule has 4 unspecified atom stereocenters. The minimum atomic E-state index is 0.278. The molecule has 2 fully saturated rings. The zero-order valence-corrected chi connectivity index (χ0v) is 11.6. The molecule has 0 radical (unpaired) electrons. The van der Waals surface area contributed by atoms with Crippen LogP contribution in [0.3, 0.4) is 0 Å². The second-order valence-electron chi connectivity index (χ2n) is 6.97. The minimum Gasteiger partial charge on any atom is -0.122 e. The van der Waals surface area contributed by atoms with Crippen molar-refractivity contribution in [1.82, 2.24) is 0 Å². The van der Waals surface area contributed by atoms with Crippen LogP contribution in [0.1, 0.15) is 53.9 Å². The number of alkyl halides is 1. The Hall–Kier alpha value is 0.290. The molecule has 2 aliphatic rings. The number of rotatable bonds is 0. The average molecular weight is 229 g/mol. The number of halogens is 1. The summed E-state index contributed by atoms with van der Waals surface area (Å²) < 4.78 is 0. The predicted octanol–water partition coefficient (Wildman–Crippen LogP) is 4.71. The Balaban J connectivity index is 2.33. The first kappa shape index (κ1) is 11.8. The second-order valence-corrected chi connectivity index (χ2v) is 7.50. The molecule has 0 bridgehead atoms. The van der Waals surface area contributed by atoms with Crippen molar-refractivity contribution in [2.24, 2.45) is 28.6 Å². The molecule has 1 heteroatoms. The van der Waals surface area contributed by atoms with Crippen LogP contribution < -0.4 is 0 Å². The highest BCUT2D eigenvalue weighted by molar-refractivity contribution is 6.21. The summed E-state index contributed by atoms with van der Waals surface area (Å²) in [5.74, 6) is 2.68. The molecule has 0 aromatic heterocycles. The van der Waals surface area contributed by atoms with Gasteiger partial charge in [0.2, 0.25) is 0 Å². The molecule has 0 nitrogen and oxygen atoms in total. The molecule has 0 saturated heterocycles. The van der Waals surface area contributed by atoms with Gasteiger partial charge in [0.25, 0.3) is 0 Å². The van der Waals surface area contributed by atoms with E-state index >= 15 is 0 Å². The van der Waals surface area contributed by atoms with E-state index in [2.05, 4.69) is 34.6 Å². The zero-order chi connectivity index (χ0) is 11.4. The summed E-state index contributed by atoms with van der Waals surface area (Å²) in [6, 6.07) is 0. The first-order chi connectivity index (χ1) is 6.78. The SMILES string of the molecule is CC1CCC2C1CC(Cl)C(C)(C)C2(C)C. The van der Waals surface area contributed by atoms with Crippen molar-refractivity contribution < 1.29 is 0 Å². The Morgan fingerprint density at radius 1 is 1.00 bits per heavy atom. The Bertz CT molecular complexity index is 254. The molecule has 88 valence electrons. The maximum Gasteiger partial charge on any atom is 0.0395 e. The molecular weight excluding hydrogens is 204 g/mol. The topological polar surface area (TPSA) is 0 Å². The van der Waals surface area contributed by atoms with Crippen LogP contribution >= 0.6 is 11.6 Å². The average Bonchev–Trinajstić information content (AvgIpc) is 2.46. The minimum absolute atomic E-state index is 0.278. The van der Waals surface area contributed by atoms with Gasteiger partial charge in [-0.3, -0.25) is 0 Å². The number of hydrogen-bond acceptors (Lipinski definition) is 0. The fourth-order valence-corrected chi connectivity index (χ4v) is 4.46. The van der Waals surface area contributed by atoms with Crippen LogP contribution in [0.2, 0.25) is 0 Å². The summed E-state index contributed by atoms with van der Waals surface area (Å²) in [7, 11) is 0. The molecule has 0 N–H and O–H groups in total. The van der Waals surface area contributed by atoms with Crippen molar-refractivity contribution in [3.05, 3.63) is 0 Å². The lowest BCUT2D eigenvalue weighted by Crippen LogP contribution is -2.51. The third-order valence-electron chi connectivity index (χ3n) is 6.03. The summed E-state index contributed by atoms with van der Waals surface area (Å²) in [4.78, 5) is 0.